The van der Waals surface area contributed by atoms with Crippen LogP contribution in [0.2, 0.25) is 5.02 Å². The average molecular weight is 447 g/mol. The quantitative estimate of drug-likeness (QED) is 0.285. The first-order chi connectivity index (χ1) is 12.9. The Hall–Kier alpha value is -2.57. The molecular weight excluding hydrogens is 430 g/mol. The lowest BCUT2D eigenvalue weighted by molar-refractivity contribution is -0.384. The van der Waals surface area contributed by atoms with Crippen LogP contribution >= 0.6 is 27.5 Å². The Morgan fingerprint density at radius 3 is 2.26 bits per heavy atom. The molecule has 3 aromatic carbocycles. The smallest absolute Gasteiger partial charge is 0.269 e. The molecule has 0 spiro atoms. The van der Waals surface area contributed by atoms with E-state index in [0.29, 0.717) is 23.7 Å². The predicted molar refractivity (Wildman–Crippen MR) is 113 cm³/mol. The van der Waals surface area contributed by atoms with Crippen LogP contribution < -0.4 is 11.1 Å². The summed E-state index contributed by atoms with van der Waals surface area (Å²) in [5, 5.41) is 14.6. The summed E-state index contributed by atoms with van der Waals surface area (Å²) >= 11 is 10.0. The van der Waals surface area contributed by atoms with Gasteiger partial charge in [-0.15, -0.1) is 0 Å². The fourth-order valence-corrected chi connectivity index (χ4v) is 3.26. The molecule has 0 aliphatic carbocycles. The number of nitrogens with zero attached hydrogens (tertiary/aromatic N) is 1. The Morgan fingerprint density at radius 2 is 1.63 bits per heavy atom. The number of non-ortho nitro benzene ring substituents is 1. The fraction of sp³-hybridized carbons (Fsp3) is 0.100. The first-order valence-corrected chi connectivity index (χ1v) is 9.39. The van der Waals surface area contributed by atoms with Crippen molar-refractivity contribution in [1.29, 1.82) is 0 Å². The zero-order valence-electron chi connectivity index (χ0n) is 14.3. The zero-order valence-corrected chi connectivity index (χ0v) is 16.6. The van der Waals surface area contributed by atoms with Crippen LogP contribution in [0.15, 0.2) is 65.1 Å². The van der Waals surface area contributed by atoms with Gasteiger partial charge in [0.05, 0.1) is 15.6 Å². The number of anilines is 2. The number of hydrogen-bond acceptors (Lipinski definition) is 4. The van der Waals surface area contributed by atoms with Crippen LogP contribution in [-0.2, 0) is 13.0 Å². The van der Waals surface area contributed by atoms with E-state index in [1.165, 1.54) is 12.1 Å². The molecule has 0 heterocycles. The number of nitrogen functional groups attached to an aromatic ring is 1. The van der Waals surface area contributed by atoms with Gasteiger partial charge in [0.15, 0.2) is 0 Å². The van der Waals surface area contributed by atoms with Gasteiger partial charge >= 0.3 is 0 Å². The maximum atomic E-state index is 10.7. The first kappa shape index (κ1) is 19.2. The molecule has 0 aromatic heterocycles. The fourth-order valence-electron chi connectivity index (χ4n) is 2.69. The molecule has 0 amide bonds. The third kappa shape index (κ3) is 4.78. The topological polar surface area (TPSA) is 81.2 Å². The van der Waals surface area contributed by atoms with Gasteiger partial charge in [-0.2, -0.15) is 0 Å². The van der Waals surface area contributed by atoms with Crippen molar-refractivity contribution in [3.63, 3.8) is 0 Å². The normalized spacial score (nSPS) is 10.6. The first-order valence-electron chi connectivity index (χ1n) is 8.22. The van der Waals surface area contributed by atoms with Gasteiger partial charge in [0.25, 0.3) is 5.69 Å². The lowest BCUT2D eigenvalue weighted by atomic mass is 10.0. The number of benzene rings is 3. The summed E-state index contributed by atoms with van der Waals surface area (Å²) in [6.07, 6.45) is 0.630. The Morgan fingerprint density at radius 1 is 1.00 bits per heavy atom. The Bertz CT molecular complexity index is 960. The van der Waals surface area contributed by atoms with E-state index in [1.54, 1.807) is 12.1 Å². The largest absolute Gasteiger partial charge is 0.398 e. The summed E-state index contributed by atoms with van der Waals surface area (Å²) in [4.78, 5) is 10.3. The van der Waals surface area contributed by atoms with Crippen molar-refractivity contribution in [2.45, 2.75) is 13.0 Å². The SMILES string of the molecule is Nc1ccc(NCc2ccc([N+](=O)[O-])cc2)c(Cl)c1Cc1ccc(Br)cc1. The molecule has 0 bridgehead atoms. The highest BCUT2D eigenvalue weighted by Gasteiger charge is 2.11. The number of nitrogens with one attached hydrogen (secondary N) is 1. The summed E-state index contributed by atoms with van der Waals surface area (Å²) in [7, 11) is 0. The maximum absolute atomic E-state index is 10.7. The summed E-state index contributed by atoms with van der Waals surface area (Å²) in [6, 6.07) is 18.1. The van der Waals surface area contributed by atoms with Crippen molar-refractivity contribution < 1.29 is 4.92 Å². The summed E-state index contributed by atoms with van der Waals surface area (Å²) in [6.45, 7) is 0.499. The van der Waals surface area contributed by atoms with Gasteiger partial charge < -0.3 is 11.1 Å². The number of nitro groups is 1. The van der Waals surface area contributed by atoms with E-state index < -0.39 is 4.92 Å². The maximum Gasteiger partial charge on any atom is 0.269 e. The third-order valence-corrected chi connectivity index (χ3v) is 5.16. The second-order valence-electron chi connectivity index (χ2n) is 6.08. The average Bonchev–Trinajstić information content (AvgIpc) is 2.66. The van der Waals surface area contributed by atoms with Crippen LogP contribution in [0.5, 0.6) is 0 Å². The minimum atomic E-state index is -0.414. The van der Waals surface area contributed by atoms with Gasteiger partial charge in [-0.05, 0) is 35.4 Å². The van der Waals surface area contributed by atoms with Gasteiger partial charge in [0.2, 0.25) is 0 Å². The lowest BCUT2D eigenvalue weighted by Crippen LogP contribution is -2.04. The van der Waals surface area contributed by atoms with Crippen molar-refractivity contribution >= 4 is 44.6 Å². The minimum absolute atomic E-state index is 0.0704. The highest BCUT2D eigenvalue weighted by molar-refractivity contribution is 9.10. The molecule has 27 heavy (non-hydrogen) atoms. The number of halogens is 2. The molecule has 5 nitrogen and oxygen atoms in total. The van der Waals surface area contributed by atoms with Gasteiger partial charge in [-0.3, -0.25) is 10.1 Å². The highest BCUT2D eigenvalue weighted by Crippen LogP contribution is 2.33. The monoisotopic (exact) mass is 445 g/mol. The minimum Gasteiger partial charge on any atom is -0.398 e. The zero-order chi connectivity index (χ0) is 19.4. The molecule has 138 valence electrons. The third-order valence-electron chi connectivity index (χ3n) is 4.20. The van der Waals surface area contributed by atoms with Crippen molar-refractivity contribution in [3.8, 4) is 0 Å². The molecule has 0 atom stereocenters. The van der Waals surface area contributed by atoms with Gasteiger partial charge in [0.1, 0.15) is 0 Å². The van der Waals surface area contributed by atoms with Crippen molar-refractivity contribution in [1.82, 2.24) is 0 Å². The predicted octanol–water partition coefficient (Wildman–Crippen LogP) is 5.80. The standard InChI is InChI=1S/C20H17BrClN3O2/c21-15-5-1-13(2-6-15)11-17-18(23)9-10-19(20(17)22)24-12-14-3-7-16(8-4-14)25(26)27/h1-10,24H,11-12,23H2. The Kier molecular flexibility index (Phi) is 5.98. The van der Waals surface area contributed by atoms with Crippen molar-refractivity contribution in [2.24, 2.45) is 0 Å². The molecular formula is C20H17BrClN3O2. The van der Waals surface area contributed by atoms with E-state index in [0.717, 1.165) is 26.9 Å². The summed E-state index contributed by atoms with van der Waals surface area (Å²) in [5.74, 6) is 0. The van der Waals surface area contributed by atoms with E-state index >= 15 is 0 Å². The lowest BCUT2D eigenvalue weighted by Gasteiger charge is -2.14. The van der Waals surface area contributed by atoms with Crippen LogP contribution in [0.3, 0.4) is 0 Å². The highest BCUT2D eigenvalue weighted by atomic mass is 79.9. The van der Waals surface area contributed by atoms with E-state index in [-0.39, 0.29) is 5.69 Å². The molecule has 0 aliphatic heterocycles. The molecule has 0 aliphatic rings. The number of nitrogens with two attached hydrogens (primary N) is 1. The van der Waals surface area contributed by atoms with Crippen LogP contribution in [0.4, 0.5) is 17.1 Å². The second kappa shape index (κ2) is 8.41. The molecule has 3 N–H and O–H groups in total. The van der Waals surface area contributed by atoms with E-state index in [4.69, 9.17) is 17.3 Å². The summed E-state index contributed by atoms with van der Waals surface area (Å²) in [5.41, 5.74) is 10.5. The van der Waals surface area contributed by atoms with Crippen molar-refractivity contribution in [3.05, 3.63) is 97.0 Å². The summed E-state index contributed by atoms with van der Waals surface area (Å²) < 4.78 is 1.02. The molecule has 0 saturated heterocycles. The van der Waals surface area contributed by atoms with Gasteiger partial charge in [-0.25, -0.2) is 0 Å². The molecule has 3 aromatic rings. The Balaban J connectivity index is 1.76. The number of nitro benzene ring substituents is 1. The molecule has 0 saturated carbocycles. The van der Waals surface area contributed by atoms with Crippen LogP contribution in [0.25, 0.3) is 0 Å². The molecule has 3 rings (SSSR count). The van der Waals surface area contributed by atoms with Crippen LogP contribution in [0, 0.1) is 10.1 Å². The number of rotatable bonds is 6. The van der Waals surface area contributed by atoms with Gasteiger partial charge in [-0.1, -0.05) is 51.8 Å². The van der Waals surface area contributed by atoms with Crippen LogP contribution in [0.1, 0.15) is 16.7 Å². The molecule has 0 unspecified atom stereocenters. The molecule has 0 radical (unpaired) electrons. The van der Waals surface area contributed by atoms with Crippen molar-refractivity contribution in [2.75, 3.05) is 11.1 Å². The molecule has 0 fully saturated rings. The Labute approximate surface area is 170 Å². The van der Waals surface area contributed by atoms with E-state index in [1.807, 2.05) is 36.4 Å². The van der Waals surface area contributed by atoms with Crippen LogP contribution in [-0.4, -0.2) is 4.92 Å². The second-order valence-corrected chi connectivity index (χ2v) is 7.37. The van der Waals surface area contributed by atoms with E-state index in [2.05, 4.69) is 21.2 Å². The number of hydrogen-bond donors (Lipinski definition) is 2. The van der Waals surface area contributed by atoms with E-state index in [9.17, 15) is 10.1 Å². The van der Waals surface area contributed by atoms with Gasteiger partial charge in [0, 0.05) is 40.8 Å². The molecule has 7 heteroatoms.